The number of hydrogen-bond acceptors (Lipinski definition) is 7. The van der Waals surface area contributed by atoms with Gasteiger partial charge in [-0.2, -0.15) is 22.0 Å². The Bertz CT molecular complexity index is 1220. The van der Waals surface area contributed by atoms with Crippen molar-refractivity contribution in [2.75, 3.05) is 32.8 Å². The van der Waals surface area contributed by atoms with E-state index >= 15 is 0 Å². The molecular weight excluding hydrogens is 548 g/mol. The fourth-order valence-electron chi connectivity index (χ4n) is 4.80. The fraction of sp³-hybridized carbons (Fsp3) is 0.500. The number of ether oxygens (including phenoxy) is 1. The molecule has 2 aromatic rings. The van der Waals surface area contributed by atoms with E-state index in [1.165, 1.54) is 18.3 Å². The zero-order valence-electron chi connectivity index (χ0n) is 21.0. The van der Waals surface area contributed by atoms with Gasteiger partial charge in [-0.1, -0.05) is 6.07 Å². The van der Waals surface area contributed by atoms with Crippen LogP contribution < -0.4 is 9.84 Å². The van der Waals surface area contributed by atoms with Gasteiger partial charge in [0.25, 0.3) is 5.91 Å². The summed E-state index contributed by atoms with van der Waals surface area (Å²) in [5.41, 5.74) is 0.326. The number of alkyl halides is 5. The maximum atomic E-state index is 14.8. The molecule has 0 bridgehead atoms. The lowest BCUT2D eigenvalue weighted by Crippen LogP contribution is -2.49. The topological polar surface area (TPSA) is 106 Å². The molecule has 0 spiro atoms. The van der Waals surface area contributed by atoms with E-state index < -0.39 is 48.5 Å². The number of nitrogens with zero attached hydrogens (tertiary/aromatic N) is 3. The smallest absolute Gasteiger partial charge is 0.454 e. The first-order valence-corrected chi connectivity index (χ1v) is 12.5. The van der Waals surface area contributed by atoms with Crippen LogP contribution in [0.2, 0.25) is 0 Å². The first kappa shape index (κ1) is 29.6. The number of benzene rings is 1. The van der Waals surface area contributed by atoms with Gasteiger partial charge >= 0.3 is 12.1 Å². The molecule has 2 unspecified atom stereocenters. The van der Waals surface area contributed by atoms with Crippen molar-refractivity contribution >= 4 is 11.9 Å². The molecule has 1 aromatic heterocycles. The number of likely N-dealkylation sites (tertiary alicyclic amines) is 2. The highest BCUT2D eigenvalue weighted by Crippen LogP contribution is 2.36. The van der Waals surface area contributed by atoms with Gasteiger partial charge in [0.05, 0.1) is 48.7 Å². The van der Waals surface area contributed by atoms with Crippen LogP contribution in [0.3, 0.4) is 0 Å². The van der Waals surface area contributed by atoms with Crippen molar-refractivity contribution in [3.63, 3.8) is 0 Å². The van der Waals surface area contributed by atoms with Gasteiger partial charge in [-0.05, 0) is 56.1 Å². The molecule has 218 valence electrons. The number of aromatic nitrogens is 1. The van der Waals surface area contributed by atoms with Crippen LogP contribution in [0, 0.1) is 11.7 Å². The van der Waals surface area contributed by atoms with Crippen molar-refractivity contribution < 1.29 is 50.9 Å². The summed E-state index contributed by atoms with van der Waals surface area (Å²) in [5.74, 6) is -7.75. The molecule has 3 heterocycles. The lowest BCUT2D eigenvalue weighted by atomic mass is 9.97. The third-order valence-corrected chi connectivity index (χ3v) is 7.07. The number of hydrogen-bond donors (Lipinski definition) is 1. The number of carbonyl (C=O) groups is 2. The minimum Gasteiger partial charge on any atom is -0.548 e. The molecule has 2 aliphatic rings. The Labute approximate surface area is 225 Å². The van der Waals surface area contributed by atoms with E-state index in [9.17, 15) is 46.1 Å². The Balaban J connectivity index is 1.30. The van der Waals surface area contributed by atoms with Gasteiger partial charge in [-0.15, -0.1) is 0 Å². The average molecular weight is 574 g/mol. The molecule has 1 N–H and O–H groups in total. The highest BCUT2D eigenvalue weighted by Gasteiger charge is 2.58. The molecule has 2 fully saturated rings. The first-order chi connectivity index (χ1) is 18.7. The molecule has 14 heteroatoms. The Hall–Kier alpha value is -3.39. The summed E-state index contributed by atoms with van der Waals surface area (Å²) in [6, 6.07) is 5.49. The molecule has 0 saturated carbocycles. The van der Waals surface area contributed by atoms with Crippen molar-refractivity contribution in [3.05, 3.63) is 47.9 Å². The number of rotatable bonds is 8. The Morgan fingerprint density at radius 1 is 1.10 bits per heavy atom. The average Bonchev–Trinajstić information content (AvgIpc) is 3.29. The first-order valence-electron chi connectivity index (χ1n) is 12.5. The number of piperidine rings is 1. The van der Waals surface area contributed by atoms with Gasteiger partial charge in [0.1, 0.15) is 11.6 Å². The molecule has 0 radical (unpaired) electrons. The molecule has 2 atom stereocenters. The molecule has 0 aliphatic carbocycles. The van der Waals surface area contributed by atoms with Gasteiger partial charge in [0.2, 0.25) is 0 Å². The van der Waals surface area contributed by atoms with Crippen LogP contribution in [0.25, 0.3) is 11.3 Å². The van der Waals surface area contributed by atoms with Crippen LogP contribution in [0.5, 0.6) is 5.75 Å². The monoisotopic (exact) mass is 574 g/mol. The standard InChI is InChI=1S/C26H27F6N3O5/c27-20-9-16(1-3-19(20)23(37)35-12-17(36)10-22(35)24(38)39)21-4-2-18(11-33-21)40-13-15-5-7-34(8-6-15)14-25(28,29)26(30,31)32/h1-4,9,11,15,17,22,36H,5-8,10,12-14H2,(H,38,39)/p-1. The van der Waals surface area contributed by atoms with Gasteiger partial charge in [-0.25, -0.2) is 4.39 Å². The van der Waals surface area contributed by atoms with E-state index in [4.69, 9.17) is 4.74 Å². The summed E-state index contributed by atoms with van der Waals surface area (Å²) in [6.45, 7) is -1.23. The summed E-state index contributed by atoms with van der Waals surface area (Å²) in [4.78, 5) is 30.2. The van der Waals surface area contributed by atoms with Gasteiger partial charge in [-0.3, -0.25) is 14.7 Å². The molecular formula is C26H26F6N3O5-. The SMILES string of the molecule is O=C([O-])C1CC(O)CN1C(=O)c1ccc(-c2ccc(OCC3CCN(CC(F)(F)C(F)(F)F)CC3)cn2)cc1F. The number of aliphatic hydroxyl groups excluding tert-OH is 1. The van der Waals surface area contributed by atoms with Crippen molar-refractivity contribution in [1.82, 2.24) is 14.8 Å². The molecule has 1 aromatic carbocycles. The third kappa shape index (κ3) is 6.66. The predicted molar refractivity (Wildman–Crippen MR) is 126 cm³/mol. The van der Waals surface area contributed by atoms with Gasteiger partial charge in [0.15, 0.2) is 0 Å². The summed E-state index contributed by atoms with van der Waals surface area (Å²) >= 11 is 0. The number of β-amino-alcohol motifs (C(OH)–C–C–N with tert-alkyl or cyclic N) is 1. The van der Waals surface area contributed by atoms with Crippen molar-refractivity contribution in [1.29, 1.82) is 0 Å². The van der Waals surface area contributed by atoms with Gasteiger partial charge < -0.3 is 24.6 Å². The van der Waals surface area contributed by atoms with Crippen LogP contribution >= 0.6 is 0 Å². The number of carboxylic acid groups (broad SMARTS) is 1. The summed E-state index contributed by atoms with van der Waals surface area (Å²) in [5, 5.41) is 21.0. The number of halogens is 6. The number of carbonyl (C=O) groups excluding carboxylic acids is 2. The maximum Gasteiger partial charge on any atom is 0.454 e. The van der Waals surface area contributed by atoms with E-state index in [0.717, 1.165) is 15.9 Å². The zero-order chi connectivity index (χ0) is 29.2. The van der Waals surface area contributed by atoms with E-state index in [-0.39, 0.29) is 44.1 Å². The summed E-state index contributed by atoms with van der Waals surface area (Å²) in [6.07, 6.45) is -4.66. The van der Waals surface area contributed by atoms with Crippen LogP contribution in [-0.4, -0.2) is 88.8 Å². The van der Waals surface area contributed by atoms with Crippen LogP contribution in [0.4, 0.5) is 26.3 Å². The number of aliphatic carboxylic acids is 1. The van der Waals surface area contributed by atoms with Crippen molar-refractivity contribution in [2.45, 2.75) is 43.5 Å². The molecule has 2 saturated heterocycles. The predicted octanol–water partition coefficient (Wildman–Crippen LogP) is 2.50. The van der Waals surface area contributed by atoms with Crippen LogP contribution in [0.15, 0.2) is 36.5 Å². The van der Waals surface area contributed by atoms with E-state index in [1.54, 1.807) is 12.1 Å². The van der Waals surface area contributed by atoms with Gasteiger partial charge in [0, 0.05) is 18.5 Å². The molecule has 8 nitrogen and oxygen atoms in total. The fourth-order valence-corrected chi connectivity index (χ4v) is 4.80. The summed E-state index contributed by atoms with van der Waals surface area (Å²) < 4.78 is 84.3. The van der Waals surface area contributed by atoms with Crippen LogP contribution in [0.1, 0.15) is 29.6 Å². The normalized spacial score (nSPS) is 21.0. The van der Waals surface area contributed by atoms with Crippen LogP contribution in [-0.2, 0) is 4.79 Å². The van der Waals surface area contributed by atoms with Crippen molar-refractivity contribution in [2.24, 2.45) is 5.92 Å². The lowest BCUT2D eigenvalue weighted by Gasteiger charge is -2.34. The molecule has 4 rings (SSSR count). The molecule has 2 aliphatic heterocycles. The lowest BCUT2D eigenvalue weighted by molar-refractivity contribution is -0.310. The number of carboxylic acids is 1. The van der Waals surface area contributed by atoms with Crippen molar-refractivity contribution in [3.8, 4) is 17.0 Å². The Kier molecular flexibility index (Phi) is 8.59. The third-order valence-electron chi connectivity index (χ3n) is 7.07. The zero-order valence-corrected chi connectivity index (χ0v) is 21.0. The number of pyridine rings is 1. The quantitative estimate of drug-likeness (QED) is 0.483. The second-order valence-corrected chi connectivity index (χ2v) is 9.99. The Morgan fingerprint density at radius 3 is 2.38 bits per heavy atom. The van der Waals surface area contributed by atoms with E-state index in [1.807, 2.05) is 0 Å². The molecule has 40 heavy (non-hydrogen) atoms. The van der Waals surface area contributed by atoms with E-state index in [0.29, 0.717) is 29.8 Å². The maximum absolute atomic E-state index is 14.8. The largest absolute Gasteiger partial charge is 0.548 e. The number of aliphatic hydroxyl groups is 1. The minimum absolute atomic E-state index is 0.0390. The summed E-state index contributed by atoms with van der Waals surface area (Å²) in [7, 11) is 0. The highest BCUT2D eigenvalue weighted by atomic mass is 19.4. The molecule has 1 amide bonds. The highest BCUT2D eigenvalue weighted by molar-refractivity contribution is 5.97. The second-order valence-electron chi connectivity index (χ2n) is 9.99. The Morgan fingerprint density at radius 2 is 1.80 bits per heavy atom. The minimum atomic E-state index is -5.58. The number of amides is 1. The second kappa shape index (κ2) is 11.6. The van der Waals surface area contributed by atoms with E-state index in [2.05, 4.69) is 4.98 Å².